The third-order valence-electron chi connectivity index (χ3n) is 10.9. The molecule has 2 aromatic rings. The summed E-state index contributed by atoms with van der Waals surface area (Å²) in [4.78, 5) is 15.7. The number of nitrogens with zero attached hydrogens (tertiary/aromatic N) is 4. The van der Waals surface area contributed by atoms with Crippen LogP contribution in [0.25, 0.3) is 0 Å². The number of rotatable bonds is 4. The standard InChI is InChI=1S/C31H41N5O/c1-2-8-26-22(6-1)7-3-12-30(26)15-11-25-27(18-30)33-29(37-21-31-13-4-16-36(31)17-5-14-31)34-28(25)35-19-23-9-10-24(20-35)32-23/h1-2,6,8,23-24,32H,3-5,7,9-21H2/t23-,24+,30?. The van der Waals surface area contributed by atoms with E-state index in [1.54, 1.807) is 11.1 Å². The van der Waals surface area contributed by atoms with Gasteiger partial charge in [-0.25, -0.2) is 0 Å². The zero-order valence-electron chi connectivity index (χ0n) is 22.2. The molecule has 6 aliphatic rings. The van der Waals surface area contributed by atoms with E-state index in [-0.39, 0.29) is 11.0 Å². The highest BCUT2D eigenvalue weighted by atomic mass is 16.5. The molecule has 1 aromatic carbocycles. The predicted octanol–water partition coefficient (Wildman–Crippen LogP) is 4.19. The van der Waals surface area contributed by atoms with Crippen molar-refractivity contribution in [2.75, 3.05) is 37.7 Å². The van der Waals surface area contributed by atoms with Gasteiger partial charge in [-0.2, -0.15) is 9.97 Å². The lowest BCUT2D eigenvalue weighted by Gasteiger charge is -2.43. The van der Waals surface area contributed by atoms with Gasteiger partial charge in [0.1, 0.15) is 12.4 Å². The molecule has 1 N–H and O–H groups in total. The van der Waals surface area contributed by atoms with Crippen LogP contribution in [0.4, 0.5) is 5.82 Å². The first-order valence-electron chi connectivity index (χ1n) is 15.1. The van der Waals surface area contributed by atoms with Crippen molar-refractivity contribution >= 4 is 5.82 Å². The van der Waals surface area contributed by atoms with E-state index in [0.29, 0.717) is 18.1 Å². The zero-order chi connectivity index (χ0) is 24.5. The van der Waals surface area contributed by atoms with Crippen LogP contribution in [-0.4, -0.2) is 65.3 Å². The predicted molar refractivity (Wildman–Crippen MR) is 146 cm³/mol. The Morgan fingerprint density at radius 1 is 0.919 bits per heavy atom. The van der Waals surface area contributed by atoms with Crippen molar-refractivity contribution < 1.29 is 4.74 Å². The zero-order valence-corrected chi connectivity index (χ0v) is 22.2. The van der Waals surface area contributed by atoms with Crippen LogP contribution in [0.15, 0.2) is 24.3 Å². The van der Waals surface area contributed by atoms with Crippen LogP contribution in [-0.2, 0) is 24.7 Å². The SMILES string of the molecule is c1ccc2c(c1)CCCC21CCc2c(nc(OCC34CCCN3CCC4)nc2N2C[C@H]3CC[C@@H](C2)N3)C1. The van der Waals surface area contributed by atoms with Crippen molar-refractivity contribution in [1.82, 2.24) is 20.2 Å². The molecular weight excluding hydrogens is 458 g/mol. The summed E-state index contributed by atoms with van der Waals surface area (Å²) < 4.78 is 6.60. The molecule has 6 heteroatoms. The minimum atomic E-state index is 0.219. The molecule has 2 bridgehead atoms. The van der Waals surface area contributed by atoms with E-state index in [2.05, 4.69) is 39.4 Å². The molecule has 196 valence electrons. The minimum Gasteiger partial charge on any atom is -0.461 e. The number of aromatic nitrogens is 2. The monoisotopic (exact) mass is 499 g/mol. The molecule has 0 amide bonds. The van der Waals surface area contributed by atoms with E-state index in [1.807, 2.05) is 0 Å². The molecule has 0 saturated carbocycles. The molecule has 2 aliphatic carbocycles. The number of ether oxygens (including phenoxy) is 1. The van der Waals surface area contributed by atoms with Crippen molar-refractivity contribution in [2.45, 2.75) is 100 Å². The third kappa shape index (κ3) is 3.73. The Labute approximate surface area is 221 Å². The second kappa shape index (κ2) is 8.67. The number of anilines is 1. The Hall–Kier alpha value is -2.18. The van der Waals surface area contributed by atoms with Crippen LogP contribution < -0.4 is 15.0 Å². The van der Waals surface area contributed by atoms with E-state index < -0.39 is 0 Å². The second-order valence-corrected chi connectivity index (χ2v) is 13.0. The van der Waals surface area contributed by atoms with Gasteiger partial charge in [0.25, 0.3) is 0 Å². The Morgan fingerprint density at radius 3 is 2.57 bits per heavy atom. The maximum atomic E-state index is 6.60. The van der Waals surface area contributed by atoms with E-state index in [0.717, 1.165) is 32.5 Å². The van der Waals surface area contributed by atoms with E-state index in [9.17, 15) is 0 Å². The number of hydrogen-bond donors (Lipinski definition) is 1. The van der Waals surface area contributed by atoms with Crippen LogP contribution in [0.5, 0.6) is 6.01 Å². The van der Waals surface area contributed by atoms with Gasteiger partial charge >= 0.3 is 6.01 Å². The number of nitrogens with one attached hydrogen (secondary N) is 1. The van der Waals surface area contributed by atoms with Gasteiger partial charge in [-0.1, -0.05) is 24.3 Å². The topological polar surface area (TPSA) is 53.5 Å². The molecule has 6 nitrogen and oxygen atoms in total. The molecule has 1 aromatic heterocycles. The Balaban J connectivity index is 1.15. The maximum Gasteiger partial charge on any atom is 0.318 e. The van der Waals surface area contributed by atoms with Crippen molar-refractivity contribution in [3.05, 3.63) is 46.6 Å². The lowest BCUT2D eigenvalue weighted by molar-refractivity contribution is 0.107. The van der Waals surface area contributed by atoms with Crippen molar-refractivity contribution in [2.24, 2.45) is 0 Å². The highest BCUT2D eigenvalue weighted by Gasteiger charge is 2.46. The highest BCUT2D eigenvalue weighted by molar-refractivity contribution is 5.54. The molecule has 37 heavy (non-hydrogen) atoms. The van der Waals surface area contributed by atoms with Gasteiger partial charge in [0.05, 0.1) is 11.2 Å². The molecule has 1 unspecified atom stereocenters. The molecule has 4 saturated heterocycles. The van der Waals surface area contributed by atoms with Crippen molar-refractivity contribution in [3.8, 4) is 6.01 Å². The van der Waals surface area contributed by atoms with Gasteiger partial charge in [-0.15, -0.1) is 0 Å². The summed E-state index contributed by atoms with van der Waals surface area (Å²) >= 11 is 0. The Morgan fingerprint density at radius 2 is 1.73 bits per heavy atom. The summed E-state index contributed by atoms with van der Waals surface area (Å²) in [5.74, 6) is 1.18. The summed E-state index contributed by atoms with van der Waals surface area (Å²) in [5.41, 5.74) is 6.26. The fourth-order valence-corrected chi connectivity index (χ4v) is 9.08. The quantitative estimate of drug-likeness (QED) is 0.681. The molecule has 8 rings (SSSR count). The number of hydrogen-bond acceptors (Lipinski definition) is 6. The summed E-state index contributed by atoms with van der Waals surface area (Å²) in [6.07, 6.45) is 14.8. The molecule has 3 atom stereocenters. The van der Waals surface area contributed by atoms with Crippen LogP contribution in [0, 0.1) is 0 Å². The first kappa shape index (κ1) is 22.8. The van der Waals surface area contributed by atoms with Crippen molar-refractivity contribution in [3.63, 3.8) is 0 Å². The molecule has 5 heterocycles. The minimum absolute atomic E-state index is 0.219. The van der Waals surface area contributed by atoms with E-state index in [1.165, 1.54) is 94.4 Å². The number of piperazine rings is 1. The van der Waals surface area contributed by atoms with Gasteiger partial charge in [-0.05, 0) is 101 Å². The molecule has 4 fully saturated rings. The average molecular weight is 500 g/mol. The third-order valence-corrected chi connectivity index (χ3v) is 10.9. The summed E-state index contributed by atoms with van der Waals surface area (Å²) in [5, 5.41) is 3.81. The highest BCUT2D eigenvalue weighted by Crippen LogP contribution is 2.48. The average Bonchev–Trinajstić information content (AvgIpc) is 3.61. The number of fused-ring (bicyclic) bond motifs is 6. The fraction of sp³-hybridized carbons (Fsp3) is 0.677. The van der Waals surface area contributed by atoms with Crippen LogP contribution in [0.3, 0.4) is 0 Å². The first-order chi connectivity index (χ1) is 18.2. The van der Waals surface area contributed by atoms with Gasteiger partial charge < -0.3 is 15.0 Å². The van der Waals surface area contributed by atoms with Crippen LogP contribution in [0.1, 0.15) is 80.2 Å². The van der Waals surface area contributed by atoms with E-state index >= 15 is 0 Å². The van der Waals surface area contributed by atoms with Gasteiger partial charge in [-0.3, -0.25) is 4.90 Å². The number of benzene rings is 1. The molecule has 1 spiro atoms. The smallest absolute Gasteiger partial charge is 0.318 e. The summed E-state index contributed by atoms with van der Waals surface area (Å²) in [6, 6.07) is 11.0. The van der Waals surface area contributed by atoms with Gasteiger partial charge in [0.15, 0.2) is 0 Å². The van der Waals surface area contributed by atoms with E-state index in [4.69, 9.17) is 14.7 Å². The Bertz CT molecular complexity index is 1180. The van der Waals surface area contributed by atoms with Crippen LogP contribution in [0.2, 0.25) is 0 Å². The lowest BCUT2D eigenvalue weighted by atomic mass is 9.62. The molecule has 0 radical (unpaired) electrons. The fourth-order valence-electron chi connectivity index (χ4n) is 9.08. The maximum absolute atomic E-state index is 6.60. The second-order valence-electron chi connectivity index (χ2n) is 13.0. The Kier molecular flexibility index (Phi) is 5.34. The lowest BCUT2D eigenvalue weighted by Crippen LogP contribution is -2.52. The summed E-state index contributed by atoms with van der Waals surface area (Å²) in [7, 11) is 0. The number of aryl methyl sites for hydroxylation is 1. The van der Waals surface area contributed by atoms with Crippen molar-refractivity contribution in [1.29, 1.82) is 0 Å². The van der Waals surface area contributed by atoms with Gasteiger partial charge in [0, 0.05) is 36.2 Å². The first-order valence-corrected chi connectivity index (χ1v) is 15.1. The van der Waals surface area contributed by atoms with Gasteiger partial charge in [0.2, 0.25) is 0 Å². The summed E-state index contributed by atoms with van der Waals surface area (Å²) in [6.45, 7) is 5.32. The van der Waals surface area contributed by atoms with Crippen LogP contribution >= 0.6 is 0 Å². The molecule has 4 aliphatic heterocycles. The normalized spacial score (nSPS) is 31.8. The molecular formula is C31H41N5O. The largest absolute Gasteiger partial charge is 0.461 e.